The van der Waals surface area contributed by atoms with Crippen LogP contribution >= 0.6 is 0 Å². The fraction of sp³-hybridized carbons (Fsp3) is 0.375. The zero-order valence-corrected chi connectivity index (χ0v) is 12.2. The lowest BCUT2D eigenvalue weighted by molar-refractivity contribution is -0.145. The van der Waals surface area contributed by atoms with Gasteiger partial charge < -0.3 is 14.4 Å². The smallest absolute Gasteiger partial charge is 0.410 e. The largest absolute Gasteiger partial charge is 0.456 e. The van der Waals surface area contributed by atoms with E-state index in [0.29, 0.717) is 13.1 Å². The van der Waals surface area contributed by atoms with Gasteiger partial charge in [0.2, 0.25) is 0 Å². The second kappa shape index (κ2) is 6.92. The van der Waals surface area contributed by atoms with E-state index in [0.717, 1.165) is 11.1 Å². The van der Waals surface area contributed by atoms with Gasteiger partial charge in [0, 0.05) is 13.5 Å². The van der Waals surface area contributed by atoms with Crippen LogP contribution in [0.15, 0.2) is 42.0 Å². The van der Waals surface area contributed by atoms with Crippen molar-refractivity contribution in [3.8, 4) is 0 Å². The summed E-state index contributed by atoms with van der Waals surface area (Å²) in [5.41, 5.74) is 1.91. The average molecular weight is 289 g/mol. The molecule has 1 atom stereocenters. The van der Waals surface area contributed by atoms with E-state index >= 15 is 0 Å². The molecule has 0 N–H and O–H groups in total. The van der Waals surface area contributed by atoms with Crippen LogP contribution in [0.4, 0.5) is 4.79 Å². The number of benzene rings is 1. The predicted octanol–water partition coefficient (Wildman–Crippen LogP) is 2.52. The van der Waals surface area contributed by atoms with Gasteiger partial charge in [0.15, 0.2) is 0 Å². The lowest BCUT2D eigenvalue weighted by atomic mass is 10.1. The molecule has 0 bridgehead atoms. The number of ether oxygens (including phenoxy) is 2. The van der Waals surface area contributed by atoms with Crippen LogP contribution < -0.4 is 0 Å². The second-order valence-corrected chi connectivity index (χ2v) is 5.08. The standard InChI is InChI=1S/C16H19NO4/c1-12-8-15(21-13(2)18)10-17(9-12)16(19)20-11-14-6-4-3-5-7-14/h3-8,15H,9-11H2,1-2H3/t15-/m0/s1. The van der Waals surface area contributed by atoms with Gasteiger partial charge in [0.05, 0.1) is 6.54 Å². The van der Waals surface area contributed by atoms with Crippen LogP contribution in [-0.4, -0.2) is 36.2 Å². The van der Waals surface area contributed by atoms with E-state index in [2.05, 4.69) is 0 Å². The molecule has 0 fully saturated rings. The highest BCUT2D eigenvalue weighted by Gasteiger charge is 2.25. The molecule has 5 heteroatoms. The summed E-state index contributed by atoms with van der Waals surface area (Å²) in [7, 11) is 0. The number of hydrogen-bond donors (Lipinski definition) is 0. The maximum Gasteiger partial charge on any atom is 0.410 e. The van der Waals surface area contributed by atoms with Gasteiger partial charge in [0.1, 0.15) is 12.7 Å². The lowest BCUT2D eigenvalue weighted by Crippen LogP contribution is -2.42. The Hall–Kier alpha value is -2.30. The topological polar surface area (TPSA) is 55.8 Å². The Morgan fingerprint density at radius 1 is 1.29 bits per heavy atom. The van der Waals surface area contributed by atoms with E-state index in [1.165, 1.54) is 6.92 Å². The van der Waals surface area contributed by atoms with E-state index in [-0.39, 0.29) is 12.6 Å². The van der Waals surface area contributed by atoms with Gasteiger partial charge in [-0.3, -0.25) is 4.79 Å². The fourth-order valence-electron chi connectivity index (χ4n) is 2.24. The Kier molecular flexibility index (Phi) is 4.98. The number of carbonyl (C=O) groups excluding carboxylic acids is 2. The Morgan fingerprint density at radius 2 is 2.00 bits per heavy atom. The summed E-state index contributed by atoms with van der Waals surface area (Å²) in [4.78, 5) is 24.7. The summed E-state index contributed by atoms with van der Waals surface area (Å²) < 4.78 is 10.4. The highest BCUT2D eigenvalue weighted by Crippen LogP contribution is 2.14. The molecule has 0 saturated carbocycles. The van der Waals surface area contributed by atoms with E-state index in [1.807, 2.05) is 43.3 Å². The van der Waals surface area contributed by atoms with Crippen LogP contribution in [0.1, 0.15) is 19.4 Å². The molecular formula is C16H19NO4. The Morgan fingerprint density at radius 3 is 2.67 bits per heavy atom. The minimum atomic E-state index is -0.402. The third kappa shape index (κ3) is 4.63. The molecule has 1 aromatic rings. The van der Waals surface area contributed by atoms with Crippen molar-refractivity contribution < 1.29 is 19.1 Å². The van der Waals surface area contributed by atoms with Crippen molar-refractivity contribution in [2.75, 3.05) is 13.1 Å². The van der Waals surface area contributed by atoms with Gasteiger partial charge in [-0.1, -0.05) is 35.9 Å². The van der Waals surface area contributed by atoms with Gasteiger partial charge in [-0.2, -0.15) is 0 Å². The second-order valence-electron chi connectivity index (χ2n) is 5.08. The molecule has 1 aliphatic rings. The number of hydrogen-bond acceptors (Lipinski definition) is 4. The molecule has 5 nitrogen and oxygen atoms in total. The van der Waals surface area contributed by atoms with Gasteiger partial charge in [-0.05, 0) is 18.6 Å². The van der Waals surface area contributed by atoms with Crippen LogP contribution in [0.3, 0.4) is 0 Å². The number of esters is 1. The van der Waals surface area contributed by atoms with Crippen molar-refractivity contribution in [1.82, 2.24) is 4.90 Å². The number of rotatable bonds is 3. The van der Waals surface area contributed by atoms with E-state index in [4.69, 9.17) is 9.47 Å². The maximum atomic E-state index is 12.1. The molecule has 0 spiro atoms. The van der Waals surface area contributed by atoms with Gasteiger partial charge in [-0.25, -0.2) is 4.79 Å². The molecule has 0 radical (unpaired) electrons. The van der Waals surface area contributed by atoms with Crippen LogP contribution in [0, 0.1) is 0 Å². The summed E-state index contributed by atoms with van der Waals surface area (Å²) in [6, 6.07) is 9.50. The summed E-state index contributed by atoms with van der Waals surface area (Å²) in [5.74, 6) is -0.358. The molecule has 0 aromatic heterocycles. The normalized spacial score (nSPS) is 17.9. The Bertz CT molecular complexity index is 538. The predicted molar refractivity (Wildman–Crippen MR) is 77.5 cm³/mol. The number of carbonyl (C=O) groups is 2. The molecule has 1 aromatic carbocycles. The molecule has 112 valence electrons. The molecule has 1 aliphatic heterocycles. The fourth-order valence-corrected chi connectivity index (χ4v) is 2.24. The first-order valence-corrected chi connectivity index (χ1v) is 6.84. The van der Waals surface area contributed by atoms with Gasteiger partial charge >= 0.3 is 12.1 Å². The third-order valence-electron chi connectivity index (χ3n) is 3.09. The van der Waals surface area contributed by atoms with Crippen LogP contribution in [0.5, 0.6) is 0 Å². The number of amides is 1. The van der Waals surface area contributed by atoms with Crippen molar-refractivity contribution in [3.63, 3.8) is 0 Å². The average Bonchev–Trinajstić information content (AvgIpc) is 2.44. The molecule has 0 saturated heterocycles. The van der Waals surface area contributed by atoms with Crippen molar-refractivity contribution in [3.05, 3.63) is 47.5 Å². The highest BCUT2D eigenvalue weighted by molar-refractivity contribution is 5.69. The van der Waals surface area contributed by atoms with Crippen molar-refractivity contribution in [2.24, 2.45) is 0 Å². The third-order valence-corrected chi connectivity index (χ3v) is 3.09. The first-order valence-electron chi connectivity index (χ1n) is 6.84. The number of nitrogens with zero attached hydrogens (tertiary/aromatic N) is 1. The summed E-state index contributed by atoms with van der Waals surface area (Å²) in [6.45, 7) is 4.30. The molecule has 0 unspecified atom stereocenters. The molecule has 21 heavy (non-hydrogen) atoms. The van der Waals surface area contributed by atoms with Gasteiger partial charge in [0.25, 0.3) is 0 Å². The van der Waals surface area contributed by atoms with E-state index in [1.54, 1.807) is 4.90 Å². The first kappa shape index (κ1) is 15.1. The highest BCUT2D eigenvalue weighted by atomic mass is 16.6. The zero-order valence-electron chi connectivity index (χ0n) is 12.2. The van der Waals surface area contributed by atoms with E-state index < -0.39 is 12.2 Å². The molecular weight excluding hydrogens is 270 g/mol. The Labute approximate surface area is 124 Å². The summed E-state index contributed by atoms with van der Waals surface area (Å²) in [5, 5.41) is 0. The van der Waals surface area contributed by atoms with Crippen molar-refractivity contribution in [2.45, 2.75) is 26.6 Å². The SMILES string of the molecule is CC(=O)O[C@H]1C=C(C)CN(C(=O)OCc2ccccc2)C1. The minimum absolute atomic E-state index is 0.233. The summed E-state index contributed by atoms with van der Waals surface area (Å²) in [6.07, 6.45) is 1.06. The van der Waals surface area contributed by atoms with Crippen molar-refractivity contribution in [1.29, 1.82) is 0 Å². The molecule has 1 amide bonds. The zero-order chi connectivity index (χ0) is 15.2. The first-order chi connectivity index (χ1) is 10.0. The Balaban J connectivity index is 1.90. The van der Waals surface area contributed by atoms with Crippen LogP contribution in [0.25, 0.3) is 0 Å². The maximum absolute atomic E-state index is 12.1. The quantitative estimate of drug-likeness (QED) is 0.634. The van der Waals surface area contributed by atoms with E-state index in [9.17, 15) is 9.59 Å². The summed E-state index contributed by atoms with van der Waals surface area (Å²) >= 11 is 0. The van der Waals surface area contributed by atoms with Crippen LogP contribution in [-0.2, 0) is 20.9 Å². The monoisotopic (exact) mass is 289 g/mol. The minimum Gasteiger partial charge on any atom is -0.456 e. The molecule has 2 rings (SSSR count). The lowest BCUT2D eigenvalue weighted by Gasteiger charge is -2.30. The van der Waals surface area contributed by atoms with Crippen molar-refractivity contribution >= 4 is 12.1 Å². The molecule has 1 heterocycles. The van der Waals surface area contributed by atoms with Crippen LogP contribution in [0.2, 0.25) is 0 Å². The van der Waals surface area contributed by atoms with Gasteiger partial charge in [-0.15, -0.1) is 0 Å². The molecule has 0 aliphatic carbocycles.